The summed E-state index contributed by atoms with van der Waals surface area (Å²) < 4.78 is 5.27. The first kappa shape index (κ1) is 22.9. The van der Waals surface area contributed by atoms with Crippen molar-refractivity contribution in [3.05, 3.63) is 60.2 Å². The normalized spacial score (nSPS) is 15.1. The summed E-state index contributed by atoms with van der Waals surface area (Å²) in [5.74, 6) is 2.24. The Balaban J connectivity index is 1.53. The number of nitrogens with one attached hydrogen (secondary N) is 1. The van der Waals surface area contributed by atoms with Crippen LogP contribution in [-0.2, 0) is 0 Å². The predicted molar refractivity (Wildman–Crippen MR) is 136 cm³/mol. The zero-order valence-corrected chi connectivity index (χ0v) is 20.0. The maximum atomic E-state index is 13.2. The zero-order chi connectivity index (χ0) is 23.4. The van der Waals surface area contributed by atoms with Crippen LogP contribution in [0.4, 0.5) is 11.5 Å². The molecule has 0 radical (unpaired) electrons. The largest absolute Gasteiger partial charge is 0.497 e. The smallest absolute Gasteiger partial charge is 0.252 e. The number of anilines is 2. The lowest BCUT2D eigenvalue weighted by Gasteiger charge is -2.37. The second-order valence-corrected chi connectivity index (χ2v) is 9.22. The molecule has 0 spiro atoms. The van der Waals surface area contributed by atoms with Crippen molar-refractivity contribution in [3.63, 3.8) is 0 Å². The first-order valence-corrected chi connectivity index (χ1v) is 11.8. The number of aromatic nitrogens is 1. The molecular weight excluding hydrogens is 412 g/mol. The number of piperazine rings is 1. The van der Waals surface area contributed by atoms with Crippen LogP contribution >= 0.6 is 0 Å². The quantitative estimate of drug-likeness (QED) is 0.568. The fourth-order valence-corrected chi connectivity index (χ4v) is 4.57. The van der Waals surface area contributed by atoms with Crippen LogP contribution in [0.3, 0.4) is 0 Å². The molecule has 2 aromatic carbocycles. The molecule has 1 amide bonds. The summed E-state index contributed by atoms with van der Waals surface area (Å²) in [4.78, 5) is 22.8. The number of ether oxygens (including phenoxy) is 1. The topological polar surface area (TPSA) is 57.7 Å². The van der Waals surface area contributed by atoms with Crippen molar-refractivity contribution in [2.24, 2.45) is 5.92 Å². The number of hydrogen-bond donors (Lipinski definition) is 1. The van der Waals surface area contributed by atoms with Gasteiger partial charge in [-0.05, 0) is 55.7 Å². The Labute approximate surface area is 196 Å². The fourth-order valence-electron chi connectivity index (χ4n) is 4.57. The Hall–Kier alpha value is -3.28. The van der Waals surface area contributed by atoms with Gasteiger partial charge in [0.2, 0.25) is 0 Å². The van der Waals surface area contributed by atoms with Gasteiger partial charge in [0.1, 0.15) is 11.6 Å². The van der Waals surface area contributed by atoms with Crippen LogP contribution in [0.1, 0.15) is 37.6 Å². The van der Waals surface area contributed by atoms with E-state index in [0.717, 1.165) is 55.1 Å². The molecule has 1 N–H and O–H groups in total. The molecule has 1 aliphatic heterocycles. The Morgan fingerprint density at radius 2 is 1.67 bits per heavy atom. The standard InChI is InChI=1S/C27H34N4O2/c1-19(2)17-20(3)28-27(32)24-18-26(29-25-8-6-5-7-23(24)25)31-15-13-30(14-16-31)21-9-11-22(33-4)12-10-21/h5-12,18-20H,13-17H2,1-4H3,(H,28,32)/t20-/m0/s1. The maximum Gasteiger partial charge on any atom is 0.252 e. The number of fused-ring (bicyclic) bond motifs is 1. The molecule has 0 bridgehead atoms. The van der Waals surface area contributed by atoms with Gasteiger partial charge in [0, 0.05) is 43.3 Å². The molecule has 0 unspecified atom stereocenters. The van der Waals surface area contributed by atoms with Gasteiger partial charge in [0.05, 0.1) is 18.2 Å². The van der Waals surface area contributed by atoms with E-state index >= 15 is 0 Å². The number of hydrogen-bond acceptors (Lipinski definition) is 5. The highest BCUT2D eigenvalue weighted by Crippen LogP contribution is 2.26. The molecule has 4 rings (SSSR count). The summed E-state index contributed by atoms with van der Waals surface area (Å²) in [6.45, 7) is 9.91. The summed E-state index contributed by atoms with van der Waals surface area (Å²) in [6, 6.07) is 18.2. The van der Waals surface area contributed by atoms with Crippen LogP contribution in [0.15, 0.2) is 54.6 Å². The Morgan fingerprint density at radius 3 is 2.33 bits per heavy atom. The van der Waals surface area contributed by atoms with Gasteiger partial charge in [-0.3, -0.25) is 4.79 Å². The summed E-state index contributed by atoms with van der Waals surface area (Å²) in [7, 11) is 1.68. The van der Waals surface area contributed by atoms with Gasteiger partial charge in [-0.15, -0.1) is 0 Å². The molecule has 6 nitrogen and oxygen atoms in total. The van der Waals surface area contributed by atoms with Crippen LogP contribution in [0.2, 0.25) is 0 Å². The van der Waals surface area contributed by atoms with E-state index in [1.165, 1.54) is 5.69 Å². The molecule has 1 saturated heterocycles. The van der Waals surface area contributed by atoms with Gasteiger partial charge in [0.25, 0.3) is 5.91 Å². The highest BCUT2D eigenvalue weighted by Gasteiger charge is 2.22. The van der Waals surface area contributed by atoms with Crippen molar-refractivity contribution in [3.8, 4) is 5.75 Å². The van der Waals surface area contributed by atoms with Gasteiger partial charge in [-0.1, -0.05) is 32.0 Å². The minimum absolute atomic E-state index is 0.0279. The van der Waals surface area contributed by atoms with E-state index in [2.05, 4.69) is 48.0 Å². The number of amides is 1. The van der Waals surface area contributed by atoms with E-state index in [-0.39, 0.29) is 11.9 Å². The Kier molecular flexibility index (Phi) is 7.02. The van der Waals surface area contributed by atoms with Gasteiger partial charge in [0.15, 0.2) is 0 Å². The second-order valence-electron chi connectivity index (χ2n) is 9.22. The van der Waals surface area contributed by atoms with Gasteiger partial charge in [-0.25, -0.2) is 4.98 Å². The number of pyridine rings is 1. The summed E-state index contributed by atoms with van der Waals surface area (Å²) in [5.41, 5.74) is 2.75. The predicted octanol–water partition coefficient (Wildman–Crippen LogP) is 4.73. The number of carbonyl (C=O) groups is 1. The molecule has 0 saturated carbocycles. The highest BCUT2D eigenvalue weighted by atomic mass is 16.5. The fraction of sp³-hybridized carbons (Fsp3) is 0.407. The lowest BCUT2D eigenvalue weighted by atomic mass is 10.0. The molecule has 1 atom stereocenters. The van der Waals surface area contributed by atoms with E-state index in [4.69, 9.17) is 9.72 Å². The SMILES string of the molecule is COc1ccc(N2CCN(c3cc(C(=O)N[C@@H](C)CC(C)C)c4ccccc4n3)CC2)cc1. The lowest BCUT2D eigenvalue weighted by molar-refractivity contribution is 0.0937. The molecule has 0 aliphatic carbocycles. The minimum Gasteiger partial charge on any atom is -0.497 e. The molecule has 1 aliphatic rings. The third-order valence-corrected chi connectivity index (χ3v) is 6.19. The van der Waals surface area contributed by atoms with E-state index < -0.39 is 0 Å². The highest BCUT2D eigenvalue weighted by molar-refractivity contribution is 6.07. The van der Waals surface area contributed by atoms with E-state index in [9.17, 15) is 4.79 Å². The summed E-state index contributed by atoms with van der Waals surface area (Å²) in [5, 5.41) is 4.08. The number of nitrogens with zero attached hydrogens (tertiary/aromatic N) is 3. The first-order chi connectivity index (χ1) is 15.9. The third kappa shape index (κ3) is 5.38. The van der Waals surface area contributed by atoms with Crippen molar-refractivity contribution < 1.29 is 9.53 Å². The van der Waals surface area contributed by atoms with E-state index in [1.807, 2.05) is 42.5 Å². The molecule has 33 heavy (non-hydrogen) atoms. The van der Waals surface area contributed by atoms with Crippen LogP contribution in [-0.4, -0.2) is 50.2 Å². The molecule has 1 aromatic heterocycles. The maximum absolute atomic E-state index is 13.2. The number of rotatable bonds is 7. The van der Waals surface area contributed by atoms with Crippen molar-refractivity contribution >= 4 is 28.3 Å². The van der Waals surface area contributed by atoms with Gasteiger partial charge in [-0.2, -0.15) is 0 Å². The average molecular weight is 447 g/mol. The van der Waals surface area contributed by atoms with E-state index in [0.29, 0.717) is 11.5 Å². The first-order valence-electron chi connectivity index (χ1n) is 11.8. The van der Waals surface area contributed by atoms with Crippen LogP contribution < -0.4 is 19.9 Å². The van der Waals surface area contributed by atoms with Gasteiger partial charge < -0.3 is 19.9 Å². The molecule has 3 aromatic rings. The summed E-state index contributed by atoms with van der Waals surface area (Å²) in [6.07, 6.45) is 0.953. The molecule has 1 fully saturated rings. The number of carbonyl (C=O) groups excluding carboxylic acids is 1. The zero-order valence-electron chi connectivity index (χ0n) is 20.0. The van der Waals surface area contributed by atoms with Crippen molar-refractivity contribution in [1.82, 2.24) is 10.3 Å². The molecule has 2 heterocycles. The molecule has 6 heteroatoms. The van der Waals surface area contributed by atoms with Gasteiger partial charge >= 0.3 is 0 Å². The van der Waals surface area contributed by atoms with Crippen LogP contribution in [0, 0.1) is 5.92 Å². The van der Waals surface area contributed by atoms with Crippen molar-refractivity contribution in [2.45, 2.75) is 33.2 Å². The second kappa shape index (κ2) is 10.1. The Morgan fingerprint density at radius 1 is 1.00 bits per heavy atom. The van der Waals surface area contributed by atoms with Crippen molar-refractivity contribution in [1.29, 1.82) is 0 Å². The average Bonchev–Trinajstić information content (AvgIpc) is 2.83. The Bertz CT molecular complexity index is 1090. The van der Waals surface area contributed by atoms with E-state index in [1.54, 1.807) is 7.11 Å². The molecule has 174 valence electrons. The van der Waals surface area contributed by atoms with Crippen LogP contribution in [0.5, 0.6) is 5.75 Å². The lowest BCUT2D eigenvalue weighted by Crippen LogP contribution is -2.47. The third-order valence-electron chi connectivity index (χ3n) is 6.19. The monoisotopic (exact) mass is 446 g/mol. The minimum atomic E-state index is -0.0279. The number of benzene rings is 2. The van der Waals surface area contributed by atoms with Crippen LogP contribution in [0.25, 0.3) is 10.9 Å². The van der Waals surface area contributed by atoms with Crippen molar-refractivity contribution in [2.75, 3.05) is 43.1 Å². The summed E-state index contributed by atoms with van der Waals surface area (Å²) >= 11 is 0. The number of methoxy groups -OCH3 is 1. The number of para-hydroxylation sites is 1. The molecular formula is C27H34N4O2.